The molecule has 2 aliphatic rings. The van der Waals surface area contributed by atoms with Crippen molar-refractivity contribution in [3.63, 3.8) is 0 Å². The SMILES string of the molecule is CCCCCCCCOCCCN1C(C(C(=O)Nc2ccccc2SC(C)(C)CC(C)(C)C)N2C(=O)OC(C)(C)C2=O)=Nc2ccccc2S1(=O)=O. The molecule has 3 amide bonds. The van der Waals surface area contributed by atoms with Crippen LogP contribution in [-0.2, 0) is 29.1 Å². The number of anilines is 1. The first-order chi connectivity index (χ1) is 24.4. The van der Waals surface area contributed by atoms with Crippen molar-refractivity contribution in [2.45, 2.75) is 133 Å². The van der Waals surface area contributed by atoms with E-state index >= 15 is 0 Å². The highest BCUT2D eigenvalue weighted by molar-refractivity contribution is 8.00. The van der Waals surface area contributed by atoms with Gasteiger partial charge in [0, 0.05) is 29.4 Å². The van der Waals surface area contributed by atoms with Crippen LogP contribution in [0.3, 0.4) is 0 Å². The summed E-state index contributed by atoms with van der Waals surface area (Å²) in [6.07, 6.45) is 6.83. The maximum atomic E-state index is 14.6. The summed E-state index contributed by atoms with van der Waals surface area (Å²) in [6, 6.07) is 11.7. The van der Waals surface area contributed by atoms with E-state index in [0.717, 1.165) is 34.9 Å². The number of para-hydroxylation sites is 2. The summed E-state index contributed by atoms with van der Waals surface area (Å²) < 4.78 is 40.6. The second-order valence-corrected chi connectivity index (χ2v) is 19.4. The Hall–Kier alpha value is -3.42. The molecule has 0 radical (unpaired) electrons. The highest BCUT2D eigenvalue weighted by Gasteiger charge is 2.55. The van der Waals surface area contributed by atoms with Gasteiger partial charge < -0.3 is 14.8 Å². The largest absolute Gasteiger partial charge is 0.433 e. The zero-order chi connectivity index (χ0) is 38.3. The van der Waals surface area contributed by atoms with E-state index in [2.05, 4.69) is 51.9 Å². The molecule has 2 aromatic rings. The molecule has 0 aliphatic carbocycles. The van der Waals surface area contributed by atoms with Gasteiger partial charge in [-0.05, 0) is 62.8 Å². The number of sulfonamides is 1. The van der Waals surface area contributed by atoms with E-state index in [1.54, 1.807) is 36.0 Å². The van der Waals surface area contributed by atoms with Crippen molar-refractivity contribution < 1.29 is 32.3 Å². The second kappa shape index (κ2) is 17.2. The van der Waals surface area contributed by atoms with E-state index in [9.17, 15) is 22.8 Å². The van der Waals surface area contributed by atoms with Crippen molar-refractivity contribution in [1.82, 2.24) is 9.21 Å². The van der Waals surface area contributed by atoms with Gasteiger partial charge in [-0.2, -0.15) is 0 Å². The topological polar surface area (TPSA) is 135 Å². The molecule has 52 heavy (non-hydrogen) atoms. The maximum absolute atomic E-state index is 14.6. The van der Waals surface area contributed by atoms with Crippen LogP contribution in [0, 0.1) is 5.41 Å². The Morgan fingerprint density at radius 1 is 0.942 bits per heavy atom. The average molecular weight is 757 g/mol. The number of hydrogen-bond acceptors (Lipinski definition) is 9. The Morgan fingerprint density at radius 3 is 2.25 bits per heavy atom. The van der Waals surface area contributed by atoms with Gasteiger partial charge in [0.25, 0.3) is 21.8 Å². The maximum Gasteiger partial charge on any atom is 0.418 e. The molecular weight excluding hydrogens is 701 g/mol. The minimum Gasteiger partial charge on any atom is -0.433 e. The van der Waals surface area contributed by atoms with E-state index < -0.39 is 39.6 Å². The molecule has 13 heteroatoms. The van der Waals surface area contributed by atoms with Gasteiger partial charge in [-0.1, -0.05) is 97.9 Å². The molecule has 4 rings (SSSR count). The molecule has 286 valence electrons. The van der Waals surface area contributed by atoms with E-state index in [4.69, 9.17) is 9.47 Å². The summed E-state index contributed by atoms with van der Waals surface area (Å²) in [5.41, 5.74) is -0.975. The minimum atomic E-state index is -4.26. The molecule has 2 aliphatic heterocycles. The second-order valence-electron chi connectivity index (χ2n) is 15.8. The number of benzene rings is 2. The number of hydrogen-bond donors (Lipinski definition) is 1. The van der Waals surface area contributed by atoms with Crippen LogP contribution >= 0.6 is 11.8 Å². The Morgan fingerprint density at radius 2 is 1.58 bits per heavy atom. The molecule has 0 bridgehead atoms. The van der Waals surface area contributed by atoms with Crippen LogP contribution in [-0.4, -0.2) is 77.5 Å². The summed E-state index contributed by atoms with van der Waals surface area (Å²) >= 11 is 1.60. The fraction of sp³-hybridized carbons (Fsp3) is 0.590. The number of cyclic esters (lactones) is 1. The van der Waals surface area contributed by atoms with Crippen molar-refractivity contribution in [3.05, 3.63) is 48.5 Å². The van der Waals surface area contributed by atoms with Crippen molar-refractivity contribution in [1.29, 1.82) is 0 Å². The number of carbonyl (C=O) groups excluding carboxylic acids is 3. The van der Waals surface area contributed by atoms with E-state index in [1.165, 1.54) is 45.2 Å². The zero-order valence-corrected chi connectivity index (χ0v) is 33.6. The Balaban J connectivity index is 1.69. The standard InChI is InChI=1S/C39H56N4O7S2/c1-9-10-11-12-13-18-25-49-26-19-24-42-33(40-29-21-15-17-23-31(29)52(42,47)48)32(43-35(45)39(7,8)50-36(43)46)34(44)41-28-20-14-16-22-30(28)51-38(5,6)27-37(2,3)4/h14-17,20-23,32H,9-13,18-19,24-27H2,1-8H3,(H,41,44). The van der Waals surface area contributed by atoms with E-state index in [1.807, 2.05) is 12.1 Å². The Bertz CT molecular complexity index is 1730. The van der Waals surface area contributed by atoms with Gasteiger partial charge in [0.15, 0.2) is 17.5 Å². The molecule has 0 aromatic heterocycles. The molecule has 11 nitrogen and oxygen atoms in total. The molecule has 1 fully saturated rings. The van der Waals surface area contributed by atoms with Gasteiger partial charge in [-0.15, -0.1) is 11.8 Å². The molecule has 2 aromatic carbocycles. The third kappa shape index (κ3) is 10.4. The molecule has 2 heterocycles. The van der Waals surface area contributed by atoms with Crippen LogP contribution in [0.1, 0.15) is 107 Å². The number of nitrogens with zero attached hydrogens (tertiary/aromatic N) is 3. The molecule has 1 atom stereocenters. The monoisotopic (exact) mass is 756 g/mol. The molecule has 1 N–H and O–H groups in total. The highest BCUT2D eigenvalue weighted by Crippen LogP contribution is 2.43. The number of carbonyl (C=O) groups is 3. The fourth-order valence-electron chi connectivity index (χ4n) is 6.75. The molecular formula is C39H56N4O7S2. The number of imide groups is 1. The number of rotatable bonds is 18. The van der Waals surface area contributed by atoms with Gasteiger partial charge in [0.05, 0.1) is 11.4 Å². The highest BCUT2D eigenvalue weighted by atomic mass is 32.2. The van der Waals surface area contributed by atoms with Gasteiger partial charge in [0.1, 0.15) is 4.90 Å². The Kier molecular flexibility index (Phi) is 13.6. The number of amidine groups is 1. The minimum absolute atomic E-state index is 0.0376. The molecule has 1 unspecified atom stereocenters. The predicted molar refractivity (Wildman–Crippen MR) is 207 cm³/mol. The third-order valence-electron chi connectivity index (χ3n) is 8.73. The normalized spacial score (nSPS) is 17.4. The van der Waals surface area contributed by atoms with Crippen LogP contribution in [0.5, 0.6) is 0 Å². The fourth-order valence-corrected chi connectivity index (χ4v) is 9.84. The number of fused-ring (bicyclic) bond motifs is 1. The number of nitrogens with one attached hydrogen (secondary N) is 1. The first-order valence-electron chi connectivity index (χ1n) is 18.3. The van der Waals surface area contributed by atoms with Crippen molar-refractivity contribution in [2.24, 2.45) is 10.4 Å². The third-order valence-corrected chi connectivity index (χ3v) is 11.9. The number of ether oxygens (including phenoxy) is 2. The summed E-state index contributed by atoms with van der Waals surface area (Å²) in [5.74, 6) is -1.86. The lowest BCUT2D eigenvalue weighted by Crippen LogP contribution is -2.59. The number of amides is 3. The average Bonchev–Trinajstić information content (AvgIpc) is 3.24. The summed E-state index contributed by atoms with van der Waals surface area (Å²) in [7, 11) is -4.26. The molecule has 1 saturated heterocycles. The molecule has 0 spiro atoms. The van der Waals surface area contributed by atoms with Gasteiger partial charge >= 0.3 is 6.09 Å². The van der Waals surface area contributed by atoms with Gasteiger partial charge in [-0.25, -0.2) is 23.1 Å². The van der Waals surface area contributed by atoms with Crippen LogP contribution in [0.25, 0.3) is 0 Å². The van der Waals surface area contributed by atoms with Gasteiger partial charge in [0.2, 0.25) is 0 Å². The summed E-state index contributed by atoms with van der Waals surface area (Å²) in [6.45, 7) is 16.6. The van der Waals surface area contributed by atoms with Crippen molar-refractivity contribution >= 4 is 56.9 Å². The lowest BCUT2D eigenvalue weighted by atomic mass is 9.86. The molecule has 0 saturated carbocycles. The van der Waals surface area contributed by atoms with Gasteiger partial charge in [-0.3, -0.25) is 13.9 Å². The van der Waals surface area contributed by atoms with Crippen molar-refractivity contribution in [3.8, 4) is 0 Å². The van der Waals surface area contributed by atoms with Crippen LogP contribution in [0.15, 0.2) is 63.3 Å². The predicted octanol–water partition coefficient (Wildman–Crippen LogP) is 8.56. The number of unbranched alkanes of at least 4 members (excludes halogenated alkanes) is 5. The van der Waals surface area contributed by atoms with Crippen LogP contribution < -0.4 is 5.32 Å². The summed E-state index contributed by atoms with van der Waals surface area (Å²) in [5, 5.41) is 2.93. The number of thioether (sulfide) groups is 1. The van der Waals surface area contributed by atoms with E-state index in [-0.39, 0.29) is 46.2 Å². The van der Waals surface area contributed by atoms with Crippen LogP contribution in [0.2, 0.25) is 0 Å². The van der Waals surface area contributed by atoms with Crippen LogP contribution in [0.4, 0.5) is 16.2 Å². The lowest BCUT2D eigenvalue weighted by molar-refractivity contribution is -0.137. The lowest BCUT2D eigenvalue weighted by Gasteiger charge is -2.35. The first kappa shape index (κ1) is 41.3. The number of aliphatic imine (C=N–C) groups is 1. The van der Waals surface area contributed by atoms with E-state index in [0.29, 0.717) is 17.2 Å². The Labute approximate surface area is 314 Å². The smallest absolute Gasteiger partial charge is 0.418 e. The summed E-state index contributed by atoms with van der Waals surface area (Å²) in [4.78, 5) is 48.0. The van der Waals surface area contributed by atoms with Crippen molar-refractivity contribution in [2.75, 3.05) is 25.1 Å². The zero-order valence-electron chi connectivity index (χ0n) is 32.0. The quantitative estimate of drug-likeness (QED) is 0.118. The first-order valence-corrected chi connectivity index (χ1v) is 20.6.